The molecule has 0 saturated carbocycles. The molecule has 9 heteroatoms. The Morgan fingerprint density at radius 2 is 1.84 bits per heavy atom. The van der Waals surface area contributed by atoms with Gasteiger partial charge in [0.2, 0.25) is 0 Å². The maximum Gasteiger partial charge on any atom is 0.321 e. The van der Waals surface area contributed by atoms with Crippen LogP contribution in [0.1, 0.15) is 11.1 Å². The van der Waals surface area contributed by atoms with E-state index in [1.807, 2.05) is 36.4 Å². The Morgan fingerprint density at radius 3 is 2.52 bits per heavy atom. The number of carbonyl (C=O) groups excluding carboxylic acids is 1. The van der Waals surface area contributed by atoms with Crippen molar-refractivity contribution in [1.29, 1.82) is 5.41 Å². The molecule has 0 saturated heterocycles. The summed E-state index contributed by atoms with van der Waals surface area (Å²) in [6, 6.07) is 21.1. The second kappa shape index (κ2) is 9.88. The second-order valence-corrected chi connectivity index (χ2v) is 7.54. The molecule has 0 aliphatic rings. The molecular formula is C22H22N5O3S-. The molecule has 1 atom stereocenters. The summed E-state index contributed by atoms with van der Waals surface area (Å²) in [4.78, 5) is 14.1. The van der Waals surface area contributed by atoms with Gasteiger partial charge in [-0.05, 0) is 29.3 Å². The number of nitrogens with zero attached hydrogens (tertiary/aromatic N) is 1. The number of benzene rings is 3. The molecule has 5 N–H and O–H groups in total. The standard InChI is InChI=1S/C22H23N5O3S/c1-27(14-15-6-5-9-17(12-15)21(23)24)22(28)25-18-10-11-19(16-7-3-2-4-8-16)20(13-18)26-31(29)30/h2-13,26H,14H2,1H3,(H3,23,24)(H,25,28)(H,29,30)/p-1. The molecule has 31 heavy (non-hydrogen) atoms. The number of amidine groups is 1. The molecule has 3 rings (SSSR count). The molecule has 160 valence electrons. The van der Waals surface area contributed by atoms with Crippen molar-refractivity contribution < 1.29 is 13.6 Å². The van der Waals surface area contributed by atoms with Crippen molar-refractivity contribution in [1.82, 2.24) is 4.90 Å². The van der Waals surface area contributed by atoms with Crippen LogP contribution in [-0.4, -0.2) is 32.6 Å². The van der Waals surface area contributed by atoms with Gasteiger partial charge in [-0.25, -0.2) is 4.79 Å². The lowest BCUT2D eigenvalue weighted by molar-refractivity contribution is 0.220. The predicted octanol–water partition coefficient (Wildman–Crippen LogP) is 3.51. The van der Waals surface area contributed by atoms with E-state index >= 15 is 0 Å². The number of hydrogen-bond donors (Lipinski definition) is 4. The lowest BCUT2D eigenvalue weighted by atomic mass is 10.0. The minimum absolute atomic E-state index is 0.0387. The Labute approximate surface area is 183 Å². The zero-order valence-corrected chi connectivity index (χ0v) is 17.6. The van der Waals surface area contributed by atoms with Crippen LogP contribution in [0.5, 0.6) is 0 Å². The summed E-state index contributed by atoms with van der Waals surface area (Å²) in [5, 5.41) is 10.3. The number of nitrogens with two attached hydrogens (primary N) is 1. The van der Waals surface area contributed by atoms with E-state index in [2.05, 4.69) is 10.0 Å². The van der Waals surface area contributed by atoms with Gasteiger partial charge in [0.15, 0.2) is 0 Å². The van der Waals surface area contributed by atoms with Gasteiger partial charge < -0.3 is 25.2 Å². The number of amides is 2. The summed E-state index contributed by atoms with van der Waals surface area (Å²) in [5.74, 6) is -0.0387. The highest BCUT2D eigenvalue weighted by atomic mass is 32.2. The fourth-order valence-corrected chi connectivity index (χ4v) is 3.42. The zero-order chi connectivity index (χ0) is 22.4. The van der Waals surface area contributed by atoms with Crippen LogP contribution >= 0.6 is 0 Å². The minimum atomic E-state index is -2.51. The SMILES string of the molecule is CN(Cc1cccc(C(=N)N)c1)C(=O)Nc1ccc(-c2ccccc2)c(NS(=O)[O-])c1. The fraction of sp³-hybridized carbons (Fsp3) is 0.0909. The van der Waals surface area contributed by atoms with Gasteiger partial charge in [-0.3, -0.25) is 9.62 Å². The largest absolute Gasteiger partial charge is 0.755 e. The van der Waals surface area contributed by atoms with E-state index in [-0.39, 0.29) is 11.9 Å². The molecule has 0 heterocycles. The Morgan fingerprint density at radius 1 is 1.10 bits per heavy atom. The number of anilines is 2. The maximum absolute atomic E-state index is 12.6. The molecule has 0 spiro atoms. The minimum Gasteiger partial charge on any atom is -0.755 e. The van der Waals surface area contributed by atoms with Crippen LogP contribution in [0, 0.1) is 5.41 Å². The summed E-state index contributed by atoms with van der Waals surface area (Å²) < 4.78 is 24.9. The lowest BCUT2D eigenvalue weighted by Gasteiger charge is -2.20. The Hall–Kier alpha value is -3.69. The normalized spacial score (nSPS) is 11.4. The van der Waals surface area contributed by atoms with E-state index in [0.29, 0.717) is 29.0 Å². The van der Waals surface area contributed by atoms with Gasteiger partial charge in [-0.2, -0.15) is 0 Å². The highest BCUT2D eigenvalue weighted by Gasteiger charge is 2.12. The topological polar surface area (TPSA) is 134 Å². The highest BCUT2D eigenvalue weighted by molar-refractivity contribution is 7.80. The van der Waals surface area contributed by atoms with E-state index < -0.39 is 11.3 Å². The number of urea groups is 1. The number of carbonyl (C=O) groups is 1. The van der Waals surface area contributed by atoms with Crippen LogP contribution in [0.15, 0.2) is 72.8 Å². The van der Waals surface area contributed by atoms with Crippen molar-refractivity contribution in [2.45, 2.75) is 6.54 Å². The zero-order valence-electron chi connectivity index (χ0n) is 16.8. The van der Waals surface area contributed by atoms with Crippen LogP contribution in [-0.2, 0) is 17.8 Å². The predicted molar refractivity (Wildman–Crippen MR) is 122 cm³/mol. The molecule has 0 aliphatic carbocycles. The molecular weight excluding hydrogens is 414 g/mol. The van der Waals surface area contributed by atoms with Gasteiger partial charge in [0.25, 0.3) is 0 Å². The summed E-state index contributed by atoms with van der Waals surface area (Å²) in [7, 11) is 1.64. The fourth-order valence-electron chi connectivity index (χ4n) is 3.07. The maximum atomic E-state index is 12.6. The van der Waals surface area contributed by atoms with Gasteiger partial charge in [-0.15, -0.1) is 0 Å². The number of nitrogen functional groups attached to an aromatic ring is 1. The summed E-state index contributed by atoms with van der Waals surface area (Å²) in [6.07, 6.45) is 0. The Balaban J connectivity index is 1.76. The van der Waals surface area contributed by atoms with Crippen LogP contribution in [0.25, 0.3) is 11.1 Å². The van der Waals surface area contributed by atoms with Crippen molar-refractivity contribution in [3.05, 3.63) is 83.9 Å². The Kier molecular flexibility index (Phi) is 7.01. The van der Waals surface area contributed by atoms with Crippen molar-refractivity contribution in [2.24, 2.45) is 5.73 Å². The average molecular weight is 437 g/mol. The van der Waals surface area contributed by atoms with Crippen molar-refractivity contribution in [3.63, 3.8) is 0 Å². The molecule has 0 aromatic heterocycles. The molecule has 8 nitrogen and oxygen atoms in total. The summed E-state index contributed by atoms with van der Waals surface area (Å²) in [6.45, 7) is 0.310. The molecule has 0 bridgehead atoms. The van der Waals surface area contributed by atoms with Crippen molar-refractivity contribution in [2.75, 3.05) is 17.1 Å². The van der Waals surface area contributed by atoms with Crippen LogP contribution in [0.3, 0.4) is 0 Å². The monoisotopic (exact) mass is 436 g/mol. The van der Waals surface area contributed by atoms with Crippen LogP contribution in [0.2, 0.25) is 0 Å². The molecule has 0 fully saturated rings. The van der Waals surface area contributed by atoms with Gasteiger partial charge in [0.1, 0.15) is 5.84 Å². The second-order valence-electron chi connectivity index (χ2n) is 6.86. The molecule has 3 aromatic carbocycles. The van der Waals surface area contributed by atoms with Gasteiger partial charge >= 0.3 is 6.03 Å². The highest BCUT2D eigenvalue weighted by Crippen LogP contribution is 2.31. The number of rotatable bonds is 7. The summed E-state index contributed by atoms with van der Waals surface area (Å²) in [5.41, 5.74) is 9.27. The van der Waals surface area contributed by atoms with Gasteiger partial charge in [0, 0.05) is 41.7 Å². The third-order valence-electron chi connectivity index (χ3n) is 4.55. The van der Waals surface area contributed by atoms with Gasteiger partial charge in [0.05, 0.1) is 5.69 Å². The molecule has 1 unspecified atom stereocenters. The first kappa shape index (κ1) is 22.0. The lowest BCUT2D eigenvalue weighted by Crippen LogP contribution is -2.31. The Bertz CT molecular complexity index is 1120. The molecule has 3 aromatic rings. The van der Waals surface area contributed by atoms with E-state index in [1.54, 1.807) is 43.4 Å². The van der Waals surface area contributed by atoms with Gasteiger partial charge in [-0.1, -0.05) is 54.6 Å². The van der Waals surface area contributed by atoms with Crippen molar-refractivity contribution in [3.8, 4) is 11.1 Å². The molecule has 0 radical (unpaired) electrons. The van der Waals surface area contributed by atoms with Crippen LogP contribution < -0.4 is 15.8 Å². The molecule has 0 aliphatic heterocycles. The smallest absolute Gasteiger partial charge is 0.321 e. The quantitative estimate of drug-likeness (QED) is 0.256. The number of nitrogens with one attached hydrogen (secondary N) is 3. The van der Waals surface area contributed by atoms with Crippen molar-refractivity contribution >= 4 is 34.5 Å². The van der Waals surface area contributed by atoms with E-state index in [0.717, 1.165) is 11.1 Å². The van der Waals surface area contributed by atoms with E-state index in [9.17, 15) is 13.6 Å². The number of hydrogen-bond acceptors (Lipinski definition) is 4. The van der Waals surface area contributed by atoms with E-state index in [4.69, 9.17) is 11.1 Å². The van der Waals surface area contributed by atoms with Crippen LogP contribution in [0.4, 0.5) is 16.2 Å². The first-order chi connectivity index (χ1) is 14.8. The van der Waals surface area contributed by atoms with E-state index in [1.165, 1.54) is 4.90 Å². The average Bonchev–Trinajstić information content (AvgIpc) is 2.74. The summed E-state index contributed by atoms with van der Waals surface area (Å²) >= 11 is -2.51. The molecule has 2 amide bonds. The first-order valence-corrected chi connectivity index (χ1v) is 10.4. The third-order valence-corrected chi connectivity index (χ3v) is 4.94. The third kappa shape index (κ3) is 5.91. The first-order valence-electron chi connectivity index (χ1n) is 9.34.